The van der Waals surface area contributed by atoms with Crippen LogP contribution in [0.15, 0.2) is 18.2 Å². The van der Waals surface area contributed by atoms with Gasteiger partial charge in [-0.15, -0.1) is 0 Å². The van der Waals surface area contributed by atoms with Crippen LogP contribution in [0.25, 0.3) is 0 Å². The van der Waals surface area contributed by atoms with Gasteiger partial charge in [0.25, 0.3) is 0 Å². The average Bonchev–Trinajstić information content (AvgIpc) is 2.84. The van der Waals surface area contributed by atoms with E-state index in [0.29, 0.717) is 6.04 Å². The lowest BCUT2D eigenvalue weighted by Gasteiger charge is -2.24. The minimum absolute atomic E-state index is 0.143. The van der Waals surface area contributed by atoms with Crippen molar-refractivity contribution in [2.45, 2.75) is 38.6 Å². The Morgan fingerprint density at radius 3 is 2.75 bits per heavy atom. The van der Waals surface area contributed by atoms with Crippen molar-refractivity contribution < 1.29 is 4.39 Å². The summed E-state index contributed by atoms with van der Waals surface area (Å²) in [5, 5.41) is 3.60. The molecule has 1 aromatic carbocycles. The maximum atomic E-state index is 13.0. The number of hydrogen-bond donors (Lipinski definition) is 1. The van der Waals surface area contributed by atoms with E-state index in [1.165, 1.54) is 25.7 Å². The third kappa shape index (κ3) is 1.70. The Morgan fingerprint density at radius 2 is 2.12 bits per heavy atom. The van der Waals surface area contributed by atoms with Crippen molar-refractivity contribution in [2.24, 2.45) is 11.8 Å². The summed E-state index contributed by atoms with van der Waals surface area (Å²) in [6.45, 7) is 1.97. The Morgan fingerprint density at radius 1 is 1.25 bits per heavy atom. The Labute approximate surface area is 96.1 Å². The van der Waals surface area contributed by atoms with Crippen molar-refractivity contribution in [2.75, 3.05) is 5.32 Å². The summed E-state index contributed by atoms with van der Waals surface area (Å²) in [6, 6.07) is 5.65. The molecule has 2 aliphatic rings. The zero-order valence-electron chi connectivity index (χ0n) is 9.67. The second-order valence-electron chi connectivity index (χ2n) is 5.38. The molecule has 2 aliphatic carbocycles. The van der Waals surface area contributed by atoms with E-state index in [1.54, 1.807) is 12.1 Å². The Hall–Kier alpha value is -1.05. The fourth-order valence-electron chi connectivity index (χ4n) is 3.41. The number of hydrogen-bond acceptors (Lipinski definition) is 1. The second-order valence-corrected chi connectivity index (χ2v) is 5.38. The lowest BCUT2D eigenvalue weighted by molar-refractivity contribution is 0.439. The normalized spacial score (nSPS) is 32.0. The molecule has 0 heterocycles. The van der Waals surface area contributed by atoms with Crippen molar-refractivity contribution in [3.63, 3.8) is 0 Å². The lowest BCUT2D eigenvalue weighted by Crippen LogP contribution is -2.26. The van der Waals surface area contributed by atoms with E-state index in [9.17, 15) is 4.39 Å². The van der Waals surface area contributed by atoms with E-state index < -0.39 is 0 Å². The number of nitrogens with one attached hydrogen (secondary N) is 1. The van der Waals surface area contributed by atoms with Gasteiger partial charge >= 0.3 is 0 Å². The predicted octanol–water partition coefficient (Wildman–Crippen LogP) is 3.73. The fourth-order valence-corrected chi connectivity index (χ4v) is 3.41. The van der Waals surface area contributed by atoms with E-state index in [4.69, 9.17) is 0 Å². The first-order valence-electron chi connectivity index (χ1n) is 6.25. The molecule has 0 aromatic heterocycles. The van der Waals surface area contributed by atoms with Crippen LogP contribution in [0.4, 0.5) is 10.1 Å². The van der Waals surface area contributed by atoms with Gasteiger partial charge < -0.3 is 5.32 Å². The average molecular weight is 219 g/mol. The number of halogens is 1. The first-order valence-corrected chi connectivity index (χ1v) is 6.25. The zero-order valence-corrected chi connectivity index (χ0v) is 9.67. The molecular formula is C14H18FN. The quantitative estimate of drug-likeness (QED) is 0.799. The third-order valence-electron chi connectivity index (χ3n) is 4.27. The van der Waals surface area contributed by atoms with Gasteiger partial charge in [0.2, 0.25) is 0 Å². The second kappa shape index (κ2) is 3.76. The molecule has 1 N–H and O–H groups in total. The van der Waals surface area contributed by atoms with Gasteiger partial charge in [-0.25, -0.2) is 4.39 Å². The molecule has 0 aliphatic heterocycles. The molecule has 3 atom stereocenters. The predicted molar refractivity (Wildman–Crippen MR) is 64.0 cm³/mol. The van der Waals surface area contributed by atoms with E-state index in [2.05, 4.69) is 5.32 Å². The molecule has 1 nitrogen and oxygen atoms in total. The standard InChI is InChI=1S/C14H18FN/c1-9-6-12(15)4-5-13(9)16-14-8-10-2-3-11(14)7-10/h4-6,10-11,14,16H,2-3,7-8H2,1H3. The van der Waals surface area contributed by atoms with Crippen LogP contribution in [0.3, 0.4) is 0 Å². The summed E-state index contributed by atoms with van der Waals surface area (Å²) < 4.78 is 13.0. The SMILES string of the molecule is Cc1cc(F)ccc1NC1CC2CCC1C2. The van der Waals surface area contributed by atoms with Gasteiger partial charge in [-0.1, -0.05) is 6.42 Å². The molecule has 2 bridgehead atoms. The Balaban J connectivity index is 1.74. The van der Waals surface area contributed by atoms with Gasteiger partial charge in [0.05, 0.1) is 0 Å². The maximum Gasteiger partial charge on any atom is 0.123 e. The van der Waals surface area contributed by atoms with Crippen molar-refractivity contribution >= 4 is 5.69 Å². The highest BCUT2D eigenvalue weighted by Gasteiger charge is 2.39. The van der Waals surface area contributed by atoms with Crippen LogP contribution in [0.2, 0.25) is 0 Å². The number of benzene rings is 1. The highest BCUT2D eigenvalue weighted by Crippen LogP contribution is 2.45. The summed E-state index contributed by atoms with van der Waals surface area (Å²) in [7, 11) is 0. The third-order valence-corrected chi connectivity index (χ3v) is 4.27. The van der Waals surface area contributed by atoms with Gasteiger partial charge in [-0.2, -0.15) is 0 Å². The highest BCUT2D eigenvalue weighted by molar-refractivity contribution is 5.51. The van der Waals surface area contributed by atoms with Gasteiger partial charge in [-0.3, -0.25) is 0 Å². The first kappa shape index (κ1) is 10.1. The molecule has 1 aromatic rings. The van der Waals surface area contributed by atoms with Crippen molar-refractivity contribution in [1.29, 1.82) is 0 Å². The molecule has 0 radical (unpaired) electrons. The maximum absolute atomic E-state index is 13.0. The van der Waals surface area contributed by atoms with Gasteiger partial charge in [0.1, 0.15) is 5.82 Å². The zero-order chi connectivity index (χ0) is 11.1. The van der Waals surface area contributed by atoms with Crippen LogP contribution in [-0.4, -0.2) is 6.04 Å². The van der Waals surface area contributed by atoms with Crippen LogP contribution in [0.5, 0.6) is 0 Å². The van der Waals surface area contributed by atoms with Gasteiger partial charge in [-0.05, 0) is 61.8 Å². The van der Waals surface area contributed by atoms with Crippen molar-refractivity contribution in [3.05, 3.63) is 29.6 Å². The number of anilines is 1. The molecule has 2 heteroatoms. The highest BCUT2D eigenvalue weighted by atomic mass is 19.1. The summed E-state index contributed by atoms with van der Waals surface area (Å²) in [5.41, 5.74) is 2.13. The van der Waals surface area contributed by atoms with E-state index in [1.807, 2.05) is 13.0 Å². The molecule has 0 amide bonds. The minimum atomic E-state index is -0.143. The van der Waals surface area contributed by atoms with E-state index in [0.717, 1.165) is 23.1 Å². The van der Waals surface area contributed by atoms with Crippen LogP contribution < -0.4 is 5.32 Å². The fraction of sp³-hybridized carbons (Fsp3) is 0.571. The minimum Gasteiger partial charge on any atom is -0.382 e. The van der Waals surface area contributed by atoms with E-state index in [-0.39, 0.29) is 5.82 Å². The summed E-state index contributed by atoms with van der Waals surface area (Å²) >= 11 is 0. The Kier molecular flexibility index (Phi) is 2.38. The summed E-state index contributed by atoms with van der Waals surface area (Å²) in [4.78, 5) is 0. The molecular weight excluding hydrogens is 201 g/mol. The number of aryl methyl sites for hydroxylation is 1. The molecule has 3 rings (SSSR count). The topological polar surface area (TPSA) is 12.0 Å². The molecule has 86 valence electrons. The number of rotatable bonds is 2. The molecule has 16 heavy (non-hydrogen) atoms. The molecule has 2 saturated carbocycles. The molecule has 2 fully saturated rings. The molecule has 0 saturated heterocycles. The van der Waals surface area contributed by atoms with E-state index >= 15 is 0 Å². The Bertz CT molecular complexity index is 402. The molecule has 0 spiro atoms. The van der Waals surface area contributed by atoms with Crippen LogP contribution in [0, 0.1) is 24.6 Å². The summed E-state index contributed by atoms with van der Waals surface area (Å²) in [6.07, 6.45) is 5.51. The van der Waals surface area contributed by atoms with Crippen LogP contribution >= 0.6 is 0 Å². The van der Waals surface area contributed by atoms with Crippen LogP contribution in [-0.2, 0) is 0 Å². The van der Waals surface area contributed by atoms with Gasteiger partial charge in [0, 0.05) is 11.7 Å². The van der Waals surface area contributed by atoms with Crippen LogP contribution in [0.1, 0.15) is 31.2 Å². The van der Waals surface area contributed by atoms with Crippen molar-refractivity contribution in [3.8, 4) is 0 Å². The van der Waals surface area contributed by atoms with Crippen molar-refractivity contribution in [1.82, 2.24) is 0 Å². The largest absolute Gasteiger partial charge is 0.382 e. The summed E-state index contributed by atoms with van der Waals surface area (Å²) in [5.74, 6) is 1.66. The lowest BCUT2D eigenvalue weighted by atomic mass is 9.95. The first-order chi connectivity index (χ1) is 7.72. The monoisotopic (exact) mass is 219 g/mol. The molecule has 3 unspecified atom stereocenters. The smallest absolute Gasteiger partial charge is 0.123 e. The van der Waals surface area contributed by atoms with Gasteiger partial charge in [0.15, 0.2) is 0 Å². The number of fused-ring (bicyclic) bond motifs is 2.